The van der Waals surface area contributed by atoms with Crippen LogP contribution in [0.3, 0.4) is 0 Å². The molecule has 0 atom stereocenters. The summed E-state index contributed by atoms with van der Waals surface area (Å²) < 4.78 is 9.89. The second kappa shape index (κ2) is 6.74. The topological polar surface area (TPSA) is 89.9 Å². The molecule has 0 amide bonds. The van der Waals surface area contributed by atoms with E-state index in [1.807, 2.05) is 0 Å². The van der Waals surface area contributed by atoms with E-state index in [0.717, 1.165) is 13.8 Å². The fraction of sp³-hybridized carbons (Fsp3) is 0.118. The van der Waals surface area contributed by atoms with Gasteiger partial charge in [0, 0.05) is 19.4 Å². The summed E-state index contributed by atoms with van der Waals surface area (Å²) in [7, 11) is 0. The summed E-state index contributed by atoms with van der Waals surface area (Å²) in [6.07, 6.45) is 0. The number of phenols is 1. The van der Waals surface area contributed by atoms with E-state index in [0.29, 0.717) is 5.56 Å². The maximum atomic E-state index is 12.6. The average molecular weight is 314 g/mol. The third-order valence-electron chi connectivity index (χ3n) is 2.86. The van der Waals surface area contributed by atoms with Crippen LogP contribution in [0.5, 0.6) is 17.2 Å². The molecule has 0 fully saturated rings. The molecule has 0 saturated heterocycles. The lowest BCUT2D eigenvalue weighted by Crippen LogP contribution is -2.12. The highest BCUT2D eigenvalue weighted by atomic mass is 16.6. The van der Waals surface area contributed by atoms with Crippen LogP contribution in [-0.4, -0.2) is 22.8 Å². The molecule has 0 unspecified atom stereocenters. The van der Waals surface area contributed by atoms with Gasteiger partial charge in [0.2, 0.25) is 5.75 Å². The van der Waals surface area contributed by atoms with E-state index in [1.54, 1.807) is 30.3 Å². The number of hydrogen-bond acceptors (Lipinski definition) is 6. The molecule has 0 spiro atoms. The Morgan fingerprint density at radius 1 is 0.826 bits per heavy atom. The molecule has 0 saturated carbocycles. The number of carbonyl (C=O) groups excluding carboxylic acids is 3. The number of benzene rings is 2. The summed E-state index contributed by atoms with van der Waals surface area (Å²) in [5, 5.41) is 9.85. The monoisotopic (exact) mass is 314 g/mol. The maximum absolute atomic E-state index is 12.6. The first kappa shape index (κ1) is 16.2. The smallest absolute Gasteiger partial charge is 0.308 e. The Morgan fingerprint density at radius 3 is 1.96 bits per heavy atom. The van der Waals surface area contributed by atoms with Gasteiger partial charge in [0.05, 0.1) is 5.56 Å². The van der Waals surface area contributed by atoms with Crippen LogP contribution in [0.2, 0.25) is 0 Å². The van der Waals surface area contributed by atoms with Crippen molar-refractivity contribution in [2.45, 2.75) is 13.8 Å². The Kier molecular flexibility index (Phi) is 4.75. The number of esters is 2. The number of ketones is 1. The first-order valence-corrected chi connectivity index (χ1v) is 6.72. The van der Waals surface area contributed by atoms with Crippen LogP contribution < -0.4 is 9.47 Å². The standard InChI is InChI=1S/C17H14O6/c1-10(18)22-16-13(15(21)12-6-4-3-5-7-12)8-9-14(20)17(16)23-11(2)19/h3-9,20H,1-2H3. The van der Waals surface area contributed by atoms with Crippen molar-refractivity contribution in [3.05, 3.63) is 53.6 Å². The minimum absolute atomic E-state index is 0.000417. The van der Waals surface area contributed by atoms with Crippen LogP contribution in [0, 0.1) is 0 Å². The zero-order valence-electron chi connectivity index (χ0n) is 12.5. The van der Waals surface area contributed by atoms with Gasteiger partial charge in [-0.05, 0) is 12.1 Å². The summed E-state index contributed by atoms with van der Waals surface area (Å²) in [6, 6.07) is 10.8. The lowest BCUT2D eigenvalue weighted by molar-refractivity contribution is -0.134. The molecule has 0 radical (unpaired) electrons. The molecule has 23 heavy (non-hydrogen) atoms. The zero-order valence-corrected chi connectivity index (χ0v) is 12.5. The Bertz CT molecular complexity index is 764. The number of aromatic hydroxyl groups is 1. The minimum atomic E-state index is -0.724. The predicted octanol–water partition coefficient (Wildman–Crippen LogP) is 2.47. The van der Waals surface area contributed by atoms with Gasteiger partial charge in [0.1, 0.15) is 0 Å². The van der Waals surface area contributed by atoms with E-state index in [2.05, 4.69) is 0 Å². The number of carbonyl (C=O) groups is 3. The summed E-state index contributed by atoms with van der Waals surface area (Å²) in [5.74, 6) is -2.95. The molecular weight excluding hydrogens is 300 g/mol. The van der Waals surface area contributed by atoms with Crippen molar-refractivity contribution >= 4 is 17.7 Å². The molecular formula is C17H14O6. The fourth-order valence-electron chi connectivity index (χ4n) is 1.96. The number of phenolic OH excluding ortho intramolecular Hbond substituents is 1. The van der Waals surface area contributed by atoms with E-state index in [-0.39, 0.29) is 17.1 Å². The first-order chi connectivity index (χ1) is 10.9. The highest BCUT2D eigenvalue weighted by Crippen LogP contribution is 2.40. The highest BCUT2D eigenvalue weighted by molar-refractivity contribution is 6.11. The van der Waals surface area contributed by atoms with Gasteiger partial charge in [-0.1, -0.05) is 30.3 Å². The normalized spacial score (nSPS) is 10.0. The quantitative estimate of drug-likeness (QED) is 0.530. The largest absolute Gasteiger partial charge is 0.504 e. The van der Waals surface area contributed by atoms with E-state index in [4.69, 9.17) is 9.47 Å². The van der Waals surface area contributed by atoms with Gasteiger partial charge in [-0.15, -0.1) is 0 Å². The highest BCUT2D eigenvalue weighted by Gasteiger charge is 2.24. The molecule has 0 aliphatic carbocycles. The van der Waals surface area contributed by atoms with Crippen molar-refractivity contribution < 1.29 is 29.0 Å². The average Bonchev–Trinajstić information content (AvgIpc) is 2.50. The molecule has 118 valence electrons. The van der Waals surface area contributed by atoms with Gasteiger partial charge in [0.15, 0.2) is 17.3 Å². The summed E-state index contributed by atoms with van der Waals surface area (Å²) >= 11 is 0. The van der Waals surface area contributed by atoms with Crippen molar-refractivity contribution in [2.75, 3.05) is 0 Å². The van der Waals surface area contributed by atoms with Gasteiger partial charge in [-0.25, -0.2) is 0 Å². The van der Waals surface area contributed by atoms with Gasteiger partial charge in [-0.3, -0.25) is 14.4 Å². The maximum Gasteiger partial charge on any atom is 0.308 e. The van der Waals surface area contributed by atoms with Crippen LogP contribution in [0.4, 0.5) is 0 Å². The molecule has 2 aromatic carbocycles. The third kappa shape index (κ3) is 3.74. The lowest BCUT2D eigenvalue weighted by Gasteiger charge is -2.14. The molecule has 0 heterocycles. The molecule has 6 nitrogen and oxygen atoms in total. The second-order valence-electron chi connectivity index (χ2n) is 4.67. The molecule has 2 aromatic rings. The summed E-state index contributed by atoms with van der Waals surface area (Å²) in [5.41, 5.74) is 0.362. The van der Waals surface area contributed by atoms with Crippen LogP contribution in [0.1, 0.15) is 29.8 Å². The number of hydrogen-bond donors (Lipinski definition) is 1. The minimum Gasteiger partial charge on any atom is -0.504 e. The Labute approximate surface area is 132 Å². The van der Waals surface area contributed by atoms with Gasteiger partial charge < -0.3 is 14.6 Å². The Hall–Kier alpha value is -3.15. The zero-order chi connectivity index (χ0) is 17.0. The van der Waals surface area contributed by atoms with Crippen LogP contribution >= 0.6 is 0 Å². The molecule has 0 aromatic heterocycles. The molecule has 0 aliphatic rings. The van der Waals surface area contributed by atoms with Gasteiger partial charge in [0.25, 0.3) is 0 Å². The van der Waals surface area contributed by atoms with Crippen molar-refractivity contribution in [1.82, 2.24) is 0 Å². The number of ether oxygens (including phenoxy) is 2. The Morgan fingerprint density at radius 2 is 1.39 bits per heavy atom. The van der Waals surface area contributed by atoms with Gasteiger partial charge >= 0.3 is 11.9 Å². The summed E-state index contributed by atoms with van der Waals surface area (Å²) in [6.45, 7) is 2.26. The molecule has 0 aliphatic heterocycles. The molecule has 2 rings (SSSR count). The molecule has 6 heteroatoms. The van der Waals surface area contributed by atoms with E-state index in [9.17, 15) is 19.5 Å². The number of rotatable bonds is 4. The van der Waals surface area contributed by atoms with E-state index >= 15 is 0 Å². The lowest BCUT2D eigenvalue weighted by atomic mass is 10.0. The van der Waals surface area contributed by atoms with Crippen LogP contribution in [0.25, 0.3) is 0 Å². The van der Waals surface area contributed by atoms with Gasteiger partial charge in [-0.2, -0.15) is 0 Å². The third-order valence-corrected chi connectivity index (χ3v) is 2.86. The van der Waals surface area contributed by atoms with Crippen molar-refractivity contribution in [3.63, 3.8) is 0 Å². The molecule has 0 bridgehead atoms. The van der Waals surface area contributed by atoms with Crippen LogP contribution in [0.15, 0.2) is 42.5 Å². The first-order valence-electron chi connectivity index (χ1n) is 6.72. The van der Waals surface area contributed by atoms with Crippen molar-refractivity contribution in [2.24, 2.45) is 0 Å². The predicted molar refractivity (Wildman–Crippen MR) is 80.6 cm³/mol. The summed E-state index contributed by atoms with van der Waals surface area (Å²) in [4.78, 5) is 35.1. The fourth-order valence-corrected chi connectivity index (χ4v) is 1.96. The van der Waals surface area contributed by atoms with E-state index < -0.39 is 23.5 Å². The SMILES string of the molecule is CC(=O)Oc1c(O)ccc(C(=O)c2ccccc2)c1OC(C)=O. The van der Waals surface area contributed by atoms with Crippen LogP contribution in [-0.2, 0) is 9.59 Å². The Balaban J connectivity index is 2.60. The van der Waals surface area contributed by atoms with Crippen molar-refractivity contribution in [1.29, 1.82) is 0 Å². The molecule has 1 N–H and O–H groups in total. The van der Waals surface area contributed by atoms with Crippen molar-refractivity contribution in [3.8, 4) is 17.2 Å². The van der Waals surface area contributed by atoms with E-state index in [1.165, 1.54) is 12.1 Å². The second-order valence-corrected chi connectivity index (χ2v) is 4.67.